The molecule has 7 rings (SSSR count). The molecule has 0 amide bonds. The zero-order valence-electron chi connectivity index (χ0n) is 20.6. The molecule has 6 aromatic carbocycles. The Balaban J connectivity index is 1.61. The van der Waals surface area contributed by atoms with Crippen molar-refractivity contribution in [3.63, 3.8) is 0 Å². The van der Waals surface area contributed by atoms with Crippen molar-refractivity contribution in [2.24, 2.45) is 0 Å². The molecule has 0 bridgehead atoms. The molecular formula is C36H25N. The molecule has 7 aromatic rings. The lowest BCUT2D eigenvalue weighted by Gasteiger charge is -2.19. The maximum absolute atomic E-state index is 4.37. The number of benzene rings is 6. The van der Waals surface area contributed by atoms with Crippen LogP contribution in [-0.2, 0) is 0 Å². The fourth-order valence-electron chi connectivity index (χ4n) is 5.74. The molecule has 174 valence electrons. The Hall–Kier alpha value is -4.75. The number of aryl methyl sites for hydroxylation is 1. The Morgan fingerprint density at radius 2 is 0.919 bits per heavy atom. The van der Waals surface area contributed by atoms with E-state index in [1.54, 1.807) is 0 Å². The molecule has 0 radical (unpaired) electrons. The van der Waals surface area contributed by atoms with E-state index in [-0.39, 0.29) is 0 Å². The summed E-state index contributed by atoms with van der Waals surface area (Å²) in [5.41, 5.74) is 8.70. The van der Waals surface area contributed by atoms with Crippen LogP contribution in [0.4, 0.5) is 0 Å². The second kappa shape index (κ2) is 8.72. The van der Waals surface area contributed by atoms with Gasteiger partial charge >= 0.3 is 0 Å². The molecular weight excluding hydrogens is 446 g/mol. The van der Waals surface area contributed by atoms with Crippen LogP contribution in [0.2, 0.25) is 0 Å². The topological polar surface area (TPSA) is 12.9 Å². The van der Waals surface area contributed by atoms with Gasteiger partial charge < -0.3 is 0 Å². The fraction of sp³-hybridized carbons (Fsp3) is 0.0278. The van der Waals surface area contributed by atoms with E-state index >= 15 is 0 Å². The van der Waals surface area contributed by atoms with Crippen molar-refractivity contribution in [2.45, 2.75) is 6.92 Å². The number of rotatable bonds is 3. The fourth-order valence-corrected chi connectivity index (χ4v) is 5.74. The van der Waals surface area contributed by atoms with Crippen molar-refractivity contribution in [1.29, 1.82) is 0 Å². The minimum absolute atomic E-state index is 1.13. The summed E-state index contributed by atoms with van der Waals surface area (Å²) in [4.78, 5) is 4.37. The van der Waals surface area contributed by atoms with Gasteiger partial charge in [-0.3, -0.25) is 4.98 Å². The number of nitrogens with zero attached hydrogens (tertiary/aromatic N) is 1. The van der Waals surface area contributed by atoms with Gasteiger partial charge in [0.2, 0.25) is 0 Å². The summed E-state index contributed by atoms with van der Waals surface area (Å²) in [5, 5.41) is 7.60. The first kappa shape index (κ1) is 21.5. The summed E-state index contributed by atoms with van der Waals surface area (Å²) in [6, 6.07) is 44.1. The first-order valence-electron chi connectivity index (χ1n) is 12.7. The standard InChI is InChI=1S/C36H25N/c1-24-16-18-25(19-17-24)35-30-12-4-6-14-32(30)36(33-15-7-5-13-31(33)35)34-21-20-27(26-9-8-22-37-23-26)28-10-2-3-11-29(28)34/h2-23H,1H3. The van der Waals surface area contributed by atoms with Gasteiger partial charge in [-0.25, -0.2) is 0 Å². The van der Waals surface area contributed by atoms with Gasteiger partial charge in [0.1, 0.15) is 0 Å². The highest BCUT2D eigenvalue weighted by Crippen LogP contribution is 2.46. The Morgan fingerprint density at radius 1 is 0.405 bits per heavy atom. The molecule has 0 spiro atoms. The van der Waals surface area contributed by atoms with Crippen molar-refractivity contribution >= 4 is 32.3 Å². The van der Waals surface area contributed by atoms with Gasteiger partial charge in [0.25, 0.3) is 0 Å². The average molecular weight is 472 g/mol. The summed E-state index contributed by atoms with van der Waals surface area (Å²) in [5.74, 6) is 0. The molecule has 0 aliphatic heterocycles. The predicted octanol–water partition coefficient (Wildman–Crippen LogP) is 9.85. The van der Waals surface area contributed by atoms with Crippen LogP contribution in [0, 0.1) is 6.92 Å². The third-order valence-corrected chi connectivity index (χ3v) is 7.44. The molecule has 1 heteroatoms. The van der Waals surface area contributed by atoms with Crippen LogP contribution >= 0.6 is 0 Å². The van der Waals surface area contributed by atoms with Crippen molar-refractivity contribution in [1.82, 2.24) is 4.98 Å². The number of aromatic nitrogens is 1. The molecule has 0 aliphatic rings. The highest BCUT2D eigenvalue weighted by atomic mass is 14.6. The molecule has 0 unspecified atom stereocenters. The minimum atomic E-state index is 1.13. The average Bonchev–Trinajstić information content (AvgIpc) is 2.96. The van der Waals surface area contributed by atoms with E-state index < -0.39 is 0 Å². The Bertz CT molecular complexity index is 1860. The van der Waals surface area contributed by atoms with Crippen LogP contribution in [-0.4, -0.2) is 4.98 Å². The molecule has 0 fully saturated rings. The Kier molecular flexibility index (Phi) is 5.08. The van der Waals surface area contributed by atoms with Crippen LogP contribution in [0.3, 0.4) is 0 Å². The summed E-state index contributed by atoms with van der Waals surface area (Å²) in [6.45, 7) is 2.14. The van der Waals surface area contributed by atoms with Crippen LogP contribution < -0.4 is 0 Å². The minimum Gasteiger partial charge on any atom is -0.264 e. The molecule has 0 atom stereocenters. The van der Waals surface area contributed by atoms with Gasteiger partial charge in [0.05, 0.1) is 0 Å². The molecule has 0 saturated carbocycles. The highest BCUT2D eigenvalue weighted by molar-refractivity contribution is 6.24. The van der Waals surface area contributed by atoms with Gasteiger partial charge in [-0.2, -0.15) is 0 Å². The lowest BCUT2D eigenvalue weighted by atomic mass is 9.84. The van der Waals surface area contributed by atoms with Gasteiger partial charge in [-0.1, -0.05) is 121 Å². The Morgan fingerprint density at radius 3 is 1.49 bits per heavy atom. The van der Waals surface area contributed by atoms with Crippen LogP contribution in [0.5, 0.6) is 0 Å². The first-order chi connectivity index (χ1) is 18.3. The lowest BCUT2D eigenvalue weighted by Crippen LogP contribution is -1.92. The summed E-state index contributed by atoms with van der Waals surface area (Å²) in [6.07, 6.45) is 3.77. The zero-order valence-corrected chi connectivity index (χ0v) is 20.6. The quantitative estimate of drug-likeness (QED) is 0.234. The predicted molar refractivity (Wildman–Crippen MR) is 158 cm³/mol. The van der Waals surface area contributed by atoms with E-state index in [1.807, 2.05) is 18.5 Å². The van der Waals surface area contributed by atoms with E-state index in [0.29, 0.717) is 0 Å². The molecule has 0 saturated heterocycles. The largest absolute Gasteiger partial charge is 0.264 e. The SMILES string of the molecule is Cc1ccc(-c2c3ccccc3c(-c3ccc(-c4cccnc4)c4ccccc34)c3ccccc23)cc1. The number of pyridine rings is 1. The third kappa shape index (κ3) is 3.51. The monoisotopic (exact) mass is 471 g/mol. The lowest BCUT2D eigenvalue weighted by molar-refractivity contribution is 1.33. The van der Waals surface area contributed by atoms with E-state index in [9.17, 15) is 0 Å². The molecule has 1 heterocycles. The molecule has 37 heavy (non-hydrogen) atoms. The second-order valence-electron chi connectivity index (χ2n) is 9.66. The van der Waals surface area contributed by atoms with Crippen molar-refractivity contribution in [3.8, 4) is 33.4 Å². The molecule has 0 aliphatic carbocycles. The van der Waals surface area contributed by atoms with Gasteiger partial charge in [0, 0.05) is 18.0 Å². The maximum atomic E-state index is 4.37. The van der Waals surface area contributed by atoms with Gasteiger partial charge in [-0.05, 0) is 73.1 Å². The highest BCUT2D eigenvalue weighted by Gasteiger charge is 2.18. The smallest absolute Gasteiger partial charge is 0.0346 e. The van der Waals surface area contributed by atoms with Crippen LogP contribution in [0.1, 0.15) is 5.56 Å². The number of fused-ring (bicyclic) bond motifs is 3. The normalized spacial score (nSPS) is 11.4. The zero-order chi connectivity index (χ0) is 24.8. The van der Waals surface area contributed by atoms with E-state index in [4.69, 9.17) is 0 Å². The van der Waals surface area contributed by atoms with Crippen LogP contribution in [0.15, 0.2) is 134 Å². The molecule has 1 nitrogen and oxygen atoms in total. The number of hydrogen-bond acceptors (Lipinski definition) is 1. The third-order valence-electron chi connectivity index (χ3n) is 7.44. The summed E-state index contributed by atoms with van der Waals surface area (Å²) in [7, 11) is 0. The van der Waals surface area contributed by atoms with E-state index in [1.165, 1.54) is 65.7 Å². The van der Waals surface area contributed by atoms with Crippen molar-refractivity contribution < 1.29 is 0 Å². The molecule has 1 aromatic heterocycles. The van der Waals surface area contributed by atoms with Crippen molar-refractivity contribution in [2.75, 3.05) is 0 Å². The second-order valence-corrected chi connectivity index (χ2v) is 9.66. The van der Waals surface area contributed by atoms with Crippen LogP contribution in [0.25, 0.3) is 65.7 Å². The van der Waals surface area contributed by atoms with E-state index in [2.05, 4.69) is 127 Å². The van der Waals surface area contributed by atoms with Gasteiger partial charge in [-0.15, -0.1) is 0 Å². The number of hydrogen-bond donors (Lipinski definition) is 0. The van der Waals surface area contributed by atoms with Gasteiger partial charge in [0.15, 0.2) is 0 Å². The summed E-state index contributed by atoms with van der Waals surface area (Å²) >= 11 is 0. The maximum Gasteiger partial charge on any atom is 0.0346 e. The summed E-state index contributed by atoms with van der Waals surface area (Å²) < 4.78 is 0. The Labute approximate surface area is 216 Å². The molecule has 0 N–H and O–H groups in total. The van der Waals surface area contributed by atoms with E-state index in [0.717, 1.165) is 5.56 Å². The first-order valence-corrected chi connectivity index (χ1v) is 12.7. The van der Waals surface area contributed by atoms with Crippen molar-refractivity contribution in [3.05, 3.63) is 139 Å².